The van der Waals surface area contributed by atoms with Gasteiger partial charge in [0.05, 0.1) is 37.1 Å². The van der Waals surface area contributed by atoms with Crippen molar-refractivity contribution in [2.24, 2.45) is 17.3 Å². The number of hydrogen-bond donors (Lipinski definition) is 4. The van der Waals surface area contributed by atoms with Gasteiger partial charge in [-0.25, -0.2) is 0 Å². The van der Waals surface area contributed by atoms with Crippen LogP contribution < -0.4 is 10.6 Å². The third-order valence-corrected chi connectivity index (χ3v) is 6.18. The highest BCUT2D eigenvalue weighted by Crippen LogP contribution is 2.58. The lowest BCUT2D eigenvalue weighted by atomic mass is 10.1. The van der Waals surface area contributed by atoms with Crippen LogP contribution in [0.5, 0.6) is 0 Å². The molecule has 1 aliphatic carbocycles. The van der Waals surface area contributed by atoms with Crippen LogP contribution >= 0.6 is 0 Å². The molecular weight excluding hydrogens is 392 g/mol. The summed E-state index contributed by atoms with van der Waals surface area (Å²) in [6.45, 7) is 3.46. The minimum Gasteiger partial charge on any atom is -0.394 e. The lowest BCUT2D eigenvalue weighted by Crippen LogP contribution is -2.42. The minimum absolute atomic E-state index is 0.172. The van der Waals surface area contributed by atoms with Gasteiger partial charge in [0.1, 0.15) is 0 Å². The molecule has 1 aliphatic rings. The monoisotopic (exact) mass is 424 g/mol. The number of amides is 2. The highest BCUT2D eigenvalue weighted by atomic mass is 16.3. The Morgan fingerprint density at radius 1 is 0.774 bits per heavy atom. The average molecular weight is 425 g/mol. The van der Waals surface area contributed by atoms with Crippen molar-refractivity contribution < 1.29 is 19.8 Å². The maximum atomic E-state index is 12.9. The fourth-order valence-electron chi connectivity index (χ4n) is 4.32. The van der Waals surface area contributed by atoms with E-state index in [4.69, 9.17) is 0 Å². The van der Waals surface area contributed by atoms with Gasteiger partial charge >= 0.3 is 0 Å². The molecule has 2 aromatic carbocycles. The first-order chi connectivity index (χ1) is 14.9. The van der Waals surface area contributed by atoms with Crippen molar-refractivity contribution in [3.8, 4) is 0 Å². The fraction of sp³-hybridized carbons (Fsp3) is 0.440. The lowest BCUT2D eigenvalue weighted by molar-refractivity contribution is -0.128. The van der Waals surface area contributed by atoms with Crippen LogP contribution in [-0.2, 0) is 22.4 Å². The standard InChI is InChI=1S/C25H32N2O4/c1-25(2)21(23(30)26-19(15-28)13-17-9-5-3-6-10-17)22(25)24(31)27-20(16-29)14-18-11-7-4-8-12-18/h3-12,19-22,28-29H,13-16H2,1-2H3,(H,26,30)(H,27,31)/t19-,20-,21-,22+/m0/s1. The molecule has 1 saturated carbocycles. The van der Waals surface area contributed by atoms with Crippen LogP contribution in [0.3, 0.4) is 0 Å². The van der Waals surface area contributed by atoms with Crippen LogP contribution in [0.2, 0.25) is 0 Å². The van der Waals surface area contributed by atoms with E-state index in [0.29, 0.717) is 12.8 Å². The van der Waals surface area contributed by atoms with E-state index in [0.717, 1.165) is 11.1 Å². The molecule has 31 heavy (non-hydrogen) atoms. The van der Waals surface area contributed by atoms with E-state index in [1.807, 2.05) is 74.5 Å². The number of nitrogens with one attached hydrogen (secondary N) is 2. The summed E-state index contributed by atoms with van der Waals surface area (Å²) in [6.07, 6.45) is 1.05. The maximum Gasteiger partial charge on any atom is 0.224 e. The predicted octanol–water partition coefficient (Wildman–Crippen LogP) is 1.70. The second-order valence-corrected chi connectivity index (χ2v) is 8.93. The summed E-state index contributed by atoms with van der Waals surface area (Å²) in [7, 11) is 0. The van der Waals surface area contributed by atoms with E-state index in [9.17, 15) is 19.8 Å². The van der Waals surface area contributed by atoms with E-state index < -0.39 is 29.3 Å². The zero-order chi connectivity index (χ0) is 22.4. The molecule has 4 N–H and O–H groups in total. The molecule has 0 unspecified atom stereocenters. The fourth-order valence-corrected chi connectivity index (χ4v) is 4.32. The van der Waals surface area contributed by atoms with Crippen molar-refractivity contribution >= 4 is 11.8 Å². The zero-order valence-corrected chi connectivity index (χ0v) is 18.1. The van der Waals surface area contributed by atoms with Crippen molar-refractivity contribution in [2.45, 2.75) is 38.8 Å². The summed E-state index contributed by atoms with van der Waals surface area (Å²) in [5, 5.41) is 25.2. The molecule has 3 rings (SSSR count). The normalized spacial score (nSPS) is 21.0. The first-order valence-corrected chi connectivity index (χ1v) is 10.8. The Hall–Kier alpha value is -2.70. The highest BCUT2D eigenvalue weighted by molar-refractivity contribution is 5.94. The molecule has 0 spiro atoms. The Morgan fingerprint density at radius 2 is 1.13 bits per heavy atom. The lowest BCUT2D eigenvalue weighted by Gasteiger charge is -2.18. The summed E-state index contributed by atoms with van der Waals surface area (Å²) >= 11 is 0. The summed E-state index contributed by atoms with van der Waals surface area (Å²) in [5.41, 5.74) is 1.57. The SMILES string of the molecule is CC1(C)[C@H](C(=O)N[C@H](CO)Cc2ccccc2)[C@@H]1C(=O)N[C@H](CO)Cc1ccccc1. The quantitative estimate of drug-likeness (QED) is 0.467. The molecule has 0 saturated heterocycles. The molecule has 0 heterocycles. The van der Waals surface area contributed by atoms with Gasteiger partial charge in [0.25, 0.3) is 0 Å². The molecular formula is C25H32N2O4. The van der Waals surface area contributed by atoms with E-state index in [1.165, 1.54) is 0 Å². The maximum absolute atomic E-state index is 12.9. The van der Waals surface area contributed by atoms with E-state index >= 15 is 0 Å². The van der Waals surface area contributed by atoms with Gasteiger partial charge in [-0.05, 0) is 29.4 Å². The number of aliphatic hydroxyl groups is 2. The molecule has 2 aromatic rings. The Labute approximate surface area is 183 Å². The third kappa shape index (κ3) is 5.71. The number of carbonyl (C=O) groups excluding carboxylic acids is 2. The van der Waals surface area contributed by atoms with Gasteiger partial charge in [0, 0.05) is 0 Å². The van der Waals surface area contributed by atoms with Crippen molar-refractivity contribution in [3.05, 3.63) is 71.8 Å². The molecule has 0 aromatic heterocycles. The molecule has 6 nitrogen and oxygen atoms in total. The predicted molar refractivity (Wildman–Crippen MR) is 119 cm³/mol. The van der Waals surface area contributed by atoms with Gasteiger partial charge in [-0.3, -0.25) is 9.59 Å². The molecule has 0 radical (unpaired) electrons. The van der Waals surface area contributed by atoms with Gasteiger partial charge in [-0.15, -0.1) is 0 Å². The smallest absolute Gasteiger partial charge is 0.224 e. The molecule has 6 heteroatoms. The summed E-state index contributed by atoms with van der Waals surface area (Å²) in [6, 6.07) is 18.5. The molecule has 0 aliphatic heterocycles. The minimum atomic E-state index is -0.479. The molecule has 4 atom stereocenters. The van der Waals surface area contributed by atoms with Crippen molar-refractivity contribution in [3.63, 3.8) is 0 Å². The van der Waals surface area contributed by atoms with Crippen LogP contribution in [-0.4, -0.2) is 47.3 Å². The Kier molecular flexibility index (Phi) is 7.46. The van der Waals surface area contributed by atoms with Gasteiger partial charge in [-0.2, -0.15) is 0 Å². The van der Waals surface area contributed by atoms with E-state index in [1.54, 1.807) is 0 Å². The van der Waals surface area contributed by atoms with Gasteiger partial charge in [0.2, 0.25) is 11.8 Å². The number of carbonyl (C=O) groups is 2. The van der Waals surface area contributed by atoms with Crippen molar-refractivity contribution in [2.75, 3.05) is 13.2 Å². The topological polar surface area (TPSA) is 98.7 Å². The largest absolute Gasteiger partial charge is 0.394 e. The van der Waals surface area contributed by atoms with Crippen LogP contribution in [0, 0.1) is 17.3 Å². The first-order valence-electron chi connectivity index (χ1n) is 10.8. The Bertz CT molecular complexity index is 798. The van der Waals surface area contributed by atoms with Crippen molar-refractivity contribution in [1.82, 2.24) is 10.6 Å². The van der Waals surface area contributed by atoms with Gasteiger partial charge < -0.3 is 20.8 Å². The second kappa shape index (κ2) is 10.1. The molecule has 0 bridgehead atoms. The van der Waals surface area contributed by atoms with Crippen LogP contribution in [0.4, 0.5) is 0 Å². The zero-order valence-electron chi connectivity index (χ0n) is 18.1. The second-order valence-electron chi connectivity index (χ2n) is 8.93. The first kappa shape index (κ1) is 23.0. The highest BCUT2D eigenvalue weighted by Gasteiger charge is 2.65. The molecule has 1 fully saturated rings. The number of hydrogen-bond acceptors (Lipinski definition) is 4. The third-order valence-electron chi connectivity index (χ3n) is 6.18. The number of benzene rings is 2. The van der Waals surface area contributed by atoms with Gasteiger partial charge in [-0.1, -0.05) is 74.5 Å². The van der Waals surface area contributed by atoms with Crippen LogP contribution in [0.25, 0.3) is 0 Å². The van der Waals surface area contributed by atoms with E-state index in [-0.39, 0.29) is 25.0 Å². The van der Waals surface area contributed by atoms with Crippen LogP contribution in [0.15, 0.2) is 60.7 Å². The van der Waals surface area contributed by atoms with Gasteiger partial charge in [0.15, 0.2) is 0 Å². The van der Waals surface area contributed by atoms with Crippen molar-refractivity contribution in [1.29, 1.82) is 0 Å². The molecule has 2 amide bonds. The number of rotatable bonds is 10. The average Bonchev–Trinajstić information content (AvgIpc) is 3.36. The van der Waals surface area contributed by atoms with E-state index in [2.05, 4.69) is 10.6 Å². The summed E-state index contributed by atoms with van der Waals surface area (Å²) in [5.74, 6) is -1.37. The Balaban J connectivity index is 1.58. The summed E-state index contributed by atoms with van der Waals surface area (Å²) in [4.78, 5) is 25.8. The Morgan fingerprint density at radius 3 is 1.45 bits per heavy atom. The summed E-state index contributed by atoms with van der Waals surface area (Å²) < 4.78 is 0. The number of aliphatic hydroxyl groups excluding tert-OH is 2. The molecule has 166 valence electrons. The van der Waals surface area contributed by atoms with Crippen LogP contribution in [0.1, 0.15) is 25.0 Å².